The summed E-state index contributed by atoms with van der Waals surface area (Å²) in [5.41, 5.74) is 4.99. The van der Waals surface area contributed by atoms with E-state index in [-0.39, 0.29) is 0 Å². The van der Waals surface area contributed by atoms with E-state index in [4.69, 9.17) is 15.2 Å². The molecule has 2 atom stereocenters. The highest BCUT2D eigenvalue weighted by molar-refractivity contribution is 5.78. The number of allylic oxidation sites excluding steroid dienone is 2. The van der Waals surface area contributed by atoms with Crippen LogP contribution >= 0.6 is 0 Å². The Morgan fingerprint density at radius 1 is 1.67 bits per heavy atom. The molecule has 2 unspecified atom stereocenters. The lowest BCUT2D eigenvalue weighted by atomic mass is 10.4. The van der Waals surface area contributed by atoms with Gasteiger partial charge in [0.05, 0.1) is 6.26 Å². The topological polar surface area (TPSA) is 61.6 Å². The number of rotatable bonds is 3. The second-order valence-electron chi connectivity index (χ2n) is 2.40. The number of nitrogens with two attached hydrogens (primary N) is 1. The summed E-state index contributed by atoms with van der Waals surface area (Å²) in [6, 6.07) is 0. The average molecular weight is 169 g/mol. The molecule has 0 aromatic heterocycles. The third-order valence-corrected chi connectivity index (χ3v) is 1.41. The molecule has 1 rings (SSSR count). The molecule has 66 valence electrons. The lowest BCUT2D eigenvalue weighted by molar-refractivity contribution is -0.146. The van der Waals surface area contributed by atoms with Crippen LogP contribution in [0.2, 0.25) is 0 Å². The first-order chi connectivity index (χ1) is 5.70. The van der Waals surface area contributed by atoms with E-state index in [1.54, 1.807) is 25.2 Å². The van der Waals surface area contributed by atoms with Gasteiger partial charge in [0.15, 0.2) is 0 Å². The number of carbonyl (C=O) groups excluding carboxylic acids is 1. The smallest absolute Gasteiger partial charge is 0.246 e. The van der Waals surface area contributed by atoms with Crippen molar-refractivity contribution in [2.75, 3.05) is 0 Å². The van der Waals surface area contributed by atoms with Crippen molar-refractivity contribution in [1.29, 1.82) is 0 Å². The van der Waals surface area contributed by atoms with Gasteiger partial charge in [-0.2, -0.15) is 0 Å². The van der Waals surface area contributed by atoms with Crippen molar-refractivity contribution in [3.05, 3.63) is 24.5 Å². The van der Waals surface area contributed by atoms with E-state index in [2.05, 4.69) is 0 Å². The fraction of sp³-hybridized carbons (Fsp3) is 0.375. The van der Waals surface area contributed by atoms with E-state index in [9.17, 15) is 4.79 Å². The van der Waals surface area contributed by atoms with Crippen LogP contribution in [0, 0.1) is 0 Å². The van der Waals surface area contributed by atoms with Crippen molar-refractivity contribution < 1.29 is 14.3 Å². The van der Waals surface area contributed by atoms with E-state index in [1.165, 1.54) is 6.26 Å². The molecular formula is C8H11NO3. The molecule has 0 aromatic rings. The number of hydrogen-bond donors (Lipinski definition) is 1. The zero-order chi connectivity index (χ0) is 8.97. The van der Waals surface area contributed by atoms with Crippen molar-refractivity contribution in [3.63, 3.8) is 0 Å². The molecular weight excluding hydrogens is 158 g/mol. The maximum atomic E-state index is 10.6. The molecule has 0 saturated carbocycles. The van der Waals surface area contributed by atoms with Crippen LogP contribution in [0.5, 0.6) is 0 Å². The molecule has 1 amide bonds. The Kier molecular flexibility index (Phi) is 2.88. The predicted molar refractivity (Wildman–Crippen MR) is 42.9 cm³/mol. The van der Waals surface area contributed by atoms with Crippen molar-refractivity contribution in [3.8, 4) is 0 Å². The summed E-state index contributed by atoms with van der Waals surface area (Å²) < 4.78 is 10.1. The van der Waals surface area contributed by atoms with E-state index >= 15 is 0 Å². The van der Waals surface area contributed by atoms with Gasteiger partial charge in [0.2, 0.25) is 12.2 Å². The number of carbonyl (C=O) groups is 1. The van der Waals surface area contributed by atoms with Gasteiger partial charge in [-0.1, -0.05) is 6.08 Å². The Bertz CT molecular complexity index is 222. The standard InChI is InChI=1S/C8H11NO3/c1-6(8(9)10)12-7-4-2-3-5-11-7/h2-7H,1H3,(H2,9,10). The van der Waals surface area contributed by atoms with Gasteiger partial charge in [-0.25, -0.2) is 0 Å². The van der Waals surface area contributed by atoms with Crippen LogP contribution in [0.3, 0.4) is 0 Å². The van der Waals surface area contributed by atoms with Gasteiger partial charge in [-0.3, -0.25) is 4.79 Å². The molecule has 1 aliphatic rings. The van der Waals surface area contributed by atoms with E-state index in [1.807, 2.05) is 0 Å². The summed E-state index contributed by atoms with van der Waals surface area (Å²) in [4.78, 5) is 10.6. The normalized spacial score (nSPS) is 23.2. The largest absolute Gasteiger partial charge is 0.469 e. The van der Waals surface area contributed by atoms with Crippen LogP contribution in [0.25, 0.3) is 0 Å². The van der Waals surface area contributed by atoms with Crippen LogP contribution in [-0.4, -0.2) is 18.3 Å². The number of primary amides is 1. The molecule has 1 aliphatic heterocycles. The average Bonchev–Trinajstić information content (AvgIpc) is 2.06. The third kappa shape index (κ3) is 2.39. The first kappa shape index (κ1) is 8.80. The number of ether oxygens (including phenoxy) is 2. The van der Waals surface area contributed by atoms with Gasteiger partial charge < -0.3 is 15.2 Å². The second kappa shape index (κ2) is 3.92. The number of amides is 1. The van der Waals surface area contributed by atoms with Gasteiger partial charge >= 0.3 is 0 Å². The highest BCUT2D eigenvalue weighted by Crippen LogP contribution is 2.06. The molecule has 1 heterocycles. The highest BCUT2D eigenvalue weighted by atomic mass is 16.7. The van der Waals surface area contributed by atoms with E-state index in [0.717, 1.165) is 0 Å². The molecule has 0 aliphatic carbocycles. The monoisotopic (exact) mass is 169 g/mol. The molecule has 2 N–H and O–H groups in total. The van der Waals surface area contributed by atoms with Crippen molar-refractivity contribution >= 4 is 5.91 Å². The summed E-state index contributed by atoms with van der Waals surface area (Å²) in [6.07, 6.45) is 5.57. The van der Waals surface area contributed by atoms with Crippen molar-refractivity contribution in [1.82, 2.24) is 0 Å². The molecule has 12 heavy (non-hydrogen) atoms. The summed E-state index contributed by atoms with van der Waals surface area (Å²) >= 11 is 0. The predicted octanol–water partition coefficient (Wildman–Crippen LogP) is 0.303. The first-order valence-corrected chi connectivity index (χ1v) is 3.63. The van der Waals surface area contributed by atoms with E-state index in [0.29, 0.717) is 0 Å². The van der Waals surface area contributed by atoms with Gasteiger partial charge in [0.1, 0.15) is 6.10 Å². The Morgan fingerprint density at radius 2 is 2.42 bits per heavy atom. The zero-order valence-corrected chi connectivity index (χ0v) is 6.77. The lowest BCUT2D eigenvalue weighted by Gasteiger charge is -2.18. The minimum atomic E-state index is -0.633. The van der Waals surface area contributed by atoms with Crippen LogP contribution < -0.4 is 5.73 Å². The zero-order valence-electron chi connectivity index (χ0n) is 6.77. The number of hydrogen-bond acceptors (Lipinski definition) is 3. The van der Waals surface area contributed by atoms with Gasteiger partial charge in [0.25, 0.3) is 0 Å². The molecule has 0 spiro atoms. The maximum absolute atomic E-state index is 10.6. The van der Waals surface area contributed by atoms with E-state index < -0.39 is 18.3 Å². The van der Waals surface area contributed by atoms with Gasteiger partial charge in [-0.05, 0) is 19.1 Å². The molecule has 0 saturated heterocycles. The molecule has 4 heteroatoms. The lowest BCUT2D eigenvalue weighted by Crippen LogP contribution is -2.32. The summed E-state index contributed by atoms with van der Waals surface area (Å²) in [5.74, 6) is -0.499. The first-order valence-electron chi connectivity index (χ1n) is 3.63. The SMILES string of the molecule is CC(OC1C=CC=CO1)C(N)=O. The Balaban J connectivity index is 2.36. The van der Waals surface area contributed by atoms with Crippen molar-refractivity contribution in [2.24, 2.45) is 5.73 Å². The Labute approximate surface area is 70.6 Å². The minimum absolute atomic E-state index is 0.499. The molecule has 4 nitrogen and oxygen atoms in total. The second-order valence-corrected chi connectivity index (χ2v) is 2.40. The molecule has 0 aromatic carbocycles. The molecule has 0 fully saturated rings. The van der Waals surface area contributed by atoms with Crippen LogP contribution in [0.1, 0.15) is 6.92 Å². The van der Waals surface area contributed by atoms with Crippen LogP contribution in [-0.2, 0) is 14.3 Å². The quantitative estimate of drug-likeness (QED) is 0.661. The summed E-state index contributed by atoms with van der Waals surface area (Å²) in [6.45, 7) is 1.58. The fourth-order valence-electron chi connectivity index (χ4n) is 0.714. The summed E-state index contributed by atoms with van der Waals surface area (Å²) in [7, 11) is 0. The van der Waals surface area contributed by atoms with Gasteiger partial charge in [0, 0.05) is 0 Å². The Hall–Kier alpha value is -1.29. The Morgan fingerprint density at radius 3 is 2.92 bits per heavy atom. The highest BCUT2D eigenvalue weighted by Gasteiger charge is 2.15. The third-order valence-electron chi connectivity index (χ3n) is 1.41. The van der Waals surface area contributed by atoms with Crippen LogP contribution in [0.4, 0.5) is 0 Å². The summed E-state index contributed by atoms with van der Waals surface area (Å²) in [5, 5.41) is 0. The molecule has 0 radical (unpaired) electrons. The fourth-order valence-corrected chi connectivity index (χ4v) is 0.714. The van der Waals surface area contributed by atoms with Crippen molar-refractivity contribution in [2.45, 2.75) is 19.3 Å². The minimum Gasteiger partial charge on any atom is -0.469 e. The van der Waals surface area contributed by atoms with Gasteiger partial charge in [-0.15, -0.1) is 0 Å². The molecule has 0 bridgehead atoms. The maximum Gasteiger partial charge on any atom is 0.246 e. The van der Waals surface area contributed by atoms with Crippen LogP contribution in [0.15, 0.2) is 24.5 Å².